The van der Waals surface area contributed by atoms with Gasteiger partial charge in [0.05, 0.1) is 25.4 Å². The van der Waals surface area contributed by atoms with Gasteiger partial charge >= 0.3 is 0 Å². The van der Waals surface area contributed by atoms with Gasteiger partial charge in [-0.3, -0.25) is 4.79 Å². The summed E-state index contributed by atoms with van der Waals surface area (Å²) in [6.45, 7) is 3.53. The third-order valence-electron chi connectivity index (χ3n) is 9.56. The van der Waals surface area contributed by atoms with Gasteiger partial charge in [0, 0.05) is 6.42 Å². The summed E-state index contributed by atoms with van der Waals surface area (Å²) < 4.78 is 11.2. The lowest BCUT2D eigenvalue weighted by molar-refractivity contribution is -0.302. The van der Waals surface area contributed by atoms with E-state index in [-0.39, 0.29) is 12.5 Å². The molecule has 7 unspecified atom stereocenters. The van der Waals surface area contributed by atoms with Crippen LogP contribution in [-0.4, -0.2) is 87.5 Å². The maximum Gasteiger partial charge on any atom is 0.220 e. The third kappa shape index (κ3) is 28.3. The summed E-state index contributed by atoms with van der Waals surface area (Å²) in [7, 11) is 0. The molecule has 1 heterocycles. The van der Waals surface area contributed by atoms with Crippen molar-refractivity contribution in [3.05, 3.63) is 109 Å². The lowest BCUT2D eigenvalue weighted by Gasteiger charge is -2.40. The summed E-state index contributed by atoms with van der Waals surface area (Å²) in [4.78, 5) is 12.9. The molecule has 1 rings (SSSR count). The van der Waals surface area contributed by atoms with Crippen molar-refractivity contribution in [2.24, 2.45) is 0 Å². The Morgan fingerprint density at radius 2 is 1.09 bits per heavy atom. The fourth-order valence-electron chi connectivity index (χ4n) is 6.00. The third-order valence-corrected chi connectivity index (χ3v) is 9.56. The zero-order valence-corrected chi connectivity index (χ0v) is 35.7. The number of amides is 1. The zero-order valence-electron chi connectivity index (χ0n) is 35.7. The first-order chi connectivity index (χ1) is 28.3. The van der Waals surface area contributed by atoms with E-state index in [1.165, 1.54) is 12.8 Å². The van der Waals surface area contributed by atoms with Gasteiger partial charge in [0.25, 0.3) is 0 Å². The molecule has 0 spiro atoms. The number of nitrogens with one attached hydrogen (secondary N) is 1. The molecule has 7 atom stereocenters. The summed E-state index contributed by atoms with van der Waals surface area (Å²) in [5.74, 6) is -0.224. The molecule has 1 fully saturated rings. The number of rotatable bonds is 34. The predicted molar refractivity (Wildman–Crippen MR) is 239 cm³/mol. The van der Waals surface area contributed by atoms with E-state index in [4.69, 9.17) is 9.47 Å². The smallest absolute Gasteiger partial charge is 0.220 e. The molecule has 9 nitrogen and oxygen atoms in total. The number of carbonyl (C=O) groups is 1. The highest BCUT2D eigenvalue weighted by Gasteiger charge is 2.44. The second-order valence-electron chi connectivity index (χ2n) is 14.7. The van der Waals surface area contributed by atoms with Gasteiger partial charge in [0.2, 0.25) is 5.91 Å². The van der Waals surface area contributed by atoms with Crippen molar-refractivity contribution in [1.29, 1.82) is 0 Å². The Kier molecular flexibility index (Phi) is 34.7. The first-order valence-electron chi connectivity index (χ1n) is 22.1. The van der Waals surface area contributed by atoms with Crippen molar-refractivity contribution in [2.75, 3.05) is 13.2 Å². The molecule has 0 radical (unpaired) electrons. The first kappa shape index (κ1) is 52.9. The average molecular weight is 810 g/mol. The molecule has 9 heteroatoms. The number of hydrogen-bond acceptors (Lipinski definition) is 8. The van der Waals surface area contributed by atoms with E-state index in [1.807, 2.05) is 6.08 Å². The van der Waals surface area contributed by atoms with E-state index < -0.39 is 49.5 Å². The highest BCUT2D eigenvalue weighted by molar-refractivity contribution is 5.76. The number of allylic oxidation sites excluding steroid dienone is 17. The minimum atomic E-state index is -1.58. The molecule has 0 aromatic carbocycles. The lowest BCUT2D eigenvalue weighted by Crippen LogP contribution is -2.60. The first-order valence-corrected chi connectivity index (χ1v) is 22.1. The van der Waals surface area contributed by atoms with E-state index in [2.05, 4.69) is 116 Å². The largest absolute Gasteiger partial charge is 0.394 e. The monoisotopic (exact) mass is 810 g/mol. The number of hydrogen-bond donors (Lipinski definition) is 6. The van der Waals surface area contributed by atoms with E-state index in [1.54, 1.807) is 6.08 Å². The SMILES string of the molecule is CC/C=C\C/C=C\C/C=C\C/C=C\C/C=C\C/C=C\CCCCCCC(=O)NC(COC1OC(CO)C(O)C(O)C1O)C(O)/C=C/CC/C=C/CC/C=C/CCCC. The molecule has 0 aromatic heterocycles. The normalized spacial score (nSPS) is 21.9. The quantitative estimate of drug-likeness (QED) is 0.0279. The summed E-state index contributed by atoms with van der Waals surface area (Å²) >= 11 is 0. The van der Waals surface area contributed by atoms with Gasteiger partial charge < -0.3 is 40.3 Å². The number of unbranched alkanes of at least 4 members (excludes halogenated alkanes) is 8. The van der Waals surface area contributed by atoms with Gasteiger partial charge in [-0.15, -0.1) is 0 Å². The zero-order chi connectivity index (χ0) is 42.3. The fraction of sp³-hybridized carbons (Fsp3) is 0.612. The molecular weight excluding hydrogens is 731 g/mol. The Balaban J connectivity index is 2.40. The molecule has 0 aliphatic carbocycles. The van der Waals surface area contributed by atoms with Crippen LogP contribution in [0.1, 0.15) is 136 Å². The molecule has 1 amide bonds. The van der Waals surface area contributed by atoms with Crippen LogP contribution >= 0.6 is 0 Å². The Hall–Kier alpha value is -3.15. The summed E-state index contributed by atoms with van der Waals surface area (Å²) in [6.07, 6.45) is 48.4. The number of carbonyl (C=O) groups excluding carboxylic acids is 1. The second-order valence-corrected chi connectivity index (χ2v) is 14.7. The van der Waals surface area contributed by atoms with Gasteiger partial charge in [0.15, 0.2) is 6.29 Å². The van der Waals surface area contributed by atoms with Crippen LogP contribution in [0, 0.1) is 0 Å². The molecule has 1 aliphatic rings. The Bertz CT molecular complexity index is 1260. The van der Waals surface area contributed by atoms with E-state index in [9.17, 15) is 30.3 Å². The average Bonchev–Trinajstić information content (AvgIpc) is 3.22. The molecule has 328 valence electrons. The molecule has 0 bridgehead atoms. The highest BCUT2D eigenvalue weighted by Crippen LogP contribution is 2.22. The fourth-order valence-corrected chi connectivity index (χ4v) is 6.00. The molecule has 0 saturated carbocycles. The lowest BCUT2D eigenvalue weighted by atomic mass is 9.99. The van der Waals surface area contributed by atoms with Crippen molar-refractivity contribution in [3.63, 3.8) is 0 Å². The van der Waals surface area contributed by atoms with Crippen molar-refractivity contribution >= 4 is 5.91 Å². The van der Waals surface area contributed by atoms with Gasteiger partial charge in [-0.1, -0.05) is 149 Å². The van der Waals surface area contributed by atoms with Gasteiger partial charge in [-0.2, -0.15) is 0 Å². The number of ether oxygens (including phenoxy) is 2. The maximum absolute atomic E-state index is 12.9. The minimum Gasteiger partial charge on any atom is -0.394 e. The second kappa shape index (κ2) is 38.1. The van der Waals surface area contributed by atoms with Crippen molar-refractivity contribution in [2.45, 2.75) is 179 Å². The predicted octanol–water partition coefficient (Wildman–Crippen LogP) is 9.11. The topological polar surface area (TPSA) is 149 Å². The van der Waals surface area contributed by atoms with Crippen LogP contribution in [0.25, 0.3) is 0 Å². The number of aliphatic hydroxyl groups excluding tert-OH is 5. The van der Waals surface area contributed by atoms with Crippen LogP contribution < -0.4 is 5.32 Å². The Morgan fingerprint density at radius 3 is 1.64 bits per heavy atom. The van der Waals surface area contributed by atoms with Crippen LogP contribution in [0.15, 0.2) is 109 Å². The standard InChI is InChI=1S/C49H79NO8/c1-3-5-7-9-11-13-15-17-18-19-20-21-22-23-24-25-26-27-29-31-33-35-37-39-45(53)50-42(41-57-49-48(56)47(55)46(54)44(40-51)58-49)43(52)38-36-34-32-30-28-16-14-12-10-8-6-4-2/h5,7,10-13,17-18,20-21,23-24,26-28,30,36,38,42-44,46-49,51-52,54-56H,3-4,6,8-9,14-16,19,22,25,29,31-35,37,39-41H2,1-2H3,(H,50,53)/b7-5-,12-10+,13-11-,18-17-,21-20-,24-23-,27-26-,30-28+,38-36+. The van der Waals surface area contributed by atoms with Gasteiger partial charge in [0.1, 0.15) is 24.4 Å². The van der Waals surface area contributed by atoms with Crippen LogP contribution in [-0.2, 0) is 14.3 Å². The van der Waals surface area contributed by atoms with E-state index in [0.717, 1.165) is 89.9 Å². The van der Waals surface area contributed by atoms with Crippen LogP contribution in [0.2, 0.25) is 0 Å². The molecule has 6 N–H and O–H groups in total. The van der Waals surface area contributed by atoms with Crippen LogP contribution in [0.4, 0.5) is 0 Å². The maximum atomic E-state index is 12.9. The molecule has 58 heavy (non-hydrogen) atoms. The van der Waals surface area contributed by atoms with Crippen LogP contribution in [0.3, 0.4) is 0 Å². The van der Waals surface area contributed by atoms with E-state index in [0.29, 0.717) is 19.3 Å². The molecule has 1 aliphatic heterocycles. The Morgan fingerprint density at radius 1 is 0.603 bits per heavy atom. The van der Waals surface area contributed by atoms with E-state index >= 15 is 0 Å². The Labute approximate surface area is 351 Å². The number of aliphatic hydroxyl groups is 5. The van der Waals surface area contributed by atoms with Crippen molar-refractivity contribution in [3.8, 4) is 0 Å². The summed E-state index contributed by atoms with van der Waals surface area (Å²) in [5, 5.41) is 54.0. The molecular formula is C49H79NO8. The van der Waals surface area contributed by atoms with Gasteiger partial charge in [-0.25, -0.2) is 0 Å². The van der Waals surface area contributed by atoms with Crippen molar-refractivity contribution in [1.82, 2.24) is 5.32 Å². The van der Waals surface area contributed by atoms with Gasteiger partial charge in [-0.05, 0) is 89.9 Å². The minimum absolute atomic E-state index is 0.224. The summed E-state index contributed by atoms with van der Waals surface area (Å²) in [5.41, 5.74) is 0. The molecule has 1 saturated heterocycles. The molecule has 0 aromatic rings. The van der Waals surface area contributed by atoms with Crippen LogP contribution in [0.5, 0.6) is 0 Å². The summed E-state index contributed by atoms with van der Waals surface area (Å²) in [6, 6.07) is -0.848. The van der Waals surface area contributed by atoms with Crippen molar-refractivity contribution < 1.29 is 39.8 Å². The highest BCUT2D eigenvalue weighted by atomic mass is 16.7.